The Morgan fingerprint density at radius 1 is 1.19 bits per heavy atom. The van der Waals surface area contributed by atoms with E-state index in [-0.39, 0.29) is 0 Å². The third-order valence-electron chi connectivity index (χ3n) is 2.41. The van der Waals surface area contributed by atoms with Crippen LogP contribution in [-0.4, -0.2) is 20.2 Å². The van der Waals surface area contributed by atoms with Crippen molar-refractivity contribution in [3.63, 3.8) is 0 Å². The lowest BCUT2D eigenvalue weighted by atomic mass is 10.1. The molecule has 0 aliphatic heterocycles. The zero-order valence-electron chi connectivity index (χ0n) is 9.50. The monoisotopic (exact) mass is 216 g/mol. The van der Waals surface area contributed by atoms with Crippen LogP contribution in [0.4, 0.5) is 0 Å². The fourth-order valence-electron chi connectivity index (χ4n) is 1.52. The average Bonchev–Trinajstić information content (AvgIpc) is 2.75. The molecule has 0 spiro atoms. The van der Waals surface area contributed by atoms with Crippen LogP contribution in [0.5, 0.6) is 0 Å². The number of rotatable bonds is 5. The fourth-order valence-corrected chi connectivity index (χ4v) is 1.52. The smallest absolute Gasteiger partial charge is 0.164 e. The minimum atomic E-state index is 0.757. The maximum atomic E-state index is 4.34. The minimum absolute atomic E-state index is 0.757. The molecule has 0 aliphatic rings. The number of tetrazole rings is 1. The van der Waals surface area contributed by atoms with Crippen molar-refractivity contribution < 1.29 is 0 Å². The van der Waals surface area contributed by atoms with Gasteiger partial charge in [-0.1, -0.05) is 43.7 Å². The Hall–Kier alpha value is -1.71. The van der Waals surface area contributed by atoms with Crippen LogP contribution in [-0.2, 0) is 13.0 Å². The lowest BCUT2D eigenvalue weighted by molar-refractivity contribution is 0.494. The molecule has 0 atom stereocenters. The van der Waals surface area contributed by atoms with Crippen molar-refractivity contribution in [2.45, 2.75) is 32.7 Å². The molecule has 0 radical (unpaired) electrons. The highest BCUT2D eigenvalue weighted by atomic mass is 15.6. The Morgan fingerprint density at radius 2 is 2.00 bits per heavy atom. The topological polar surface area (TPSA) is 43.6 Å². The van der Waals surface area contributed by atoms with Crippen LogP contribution in [0.2, 0.25) is 0 Å². The van der Waals surface area contributed by atoms with E-state index >= 15 is 0 Å². The zero-order valence-corrected chi connectivity index (χ0v) is 9.50. The van der Waals surface area contributed by atoms with Crippen LogP contribution in [0, 0.1) is 0 Å². The van der Waals surface area contributed by atoms with E-state index in [4.69, 9.17) is 0 Å². The Morgan fingerprint density at radius 3 is 2.75 bits per heavy atom. The van der Waals surface area contributed by atoms with Gasteiger partial charge in [0.1, 0.15) is 0 Å². The summed E-state index contributed by atoms with van der Waals surface area (Å²) in [5.41, 5.74) is 1.22. The maximum Gasteiger partial charge on any atom is 0.179 e. The van der Waals surface area contributed by atoms with Crippen molar-refractivity contribution in [2.24, 2.45) is 0 Å². The molecule has 0 unspecified atom stereocenters. The van der Waals surface area contributed by atoms with E-state index in [0.29, 0.717) is 0 Å². The highest BCUT2D eigenvalue weighted by molar-refractivity contribution is 5.17. The normalized spacial score (nSPS) is 10.6. The fraction of sp³-hybridized carbons (Fsp3) is 0.417. The lowest BCUT2D eigenvalue weighted by Crippen LogP contribution is -2.02. The van der Waals surface area contributed by atoms with Gasteiger partial charge in [-0.2, -0.15) is 4.80 Å². The van der Waals surface area contributed by atoms with E-state index in [1.54, 1.807) is 4.80 Å². The van der Waals surface area contributed by atoms with Crippen LogP contribution < -0.4 is 0 Å². The number of hydrogen-bond acceptors (Lipinski definition) is 3. The van der Waals surface area contributed by atoms with Gasteiger partial charge in [0.2, 0.25) is 0 Å². The summed E-state index contributed by atoms with van der Waals surface area (Å²) >= 11 is 0. The Labute approximate surface area is 95.3 Å². The van der Waals surface area contributed by atoms with Gasteiger partial charge in [0.15, 0.2) is 5.82 Å². The largest absolute Gasteiger partial charge is 0.179 e. The van der Waals surface area contributed by atoms with E-state index in [1.165, 1.54) is 5.56 Å². The van der Waals surface area contributed by atoms with Gasteiger partial charge in [0.25, 0.3) is 0 Å². The van der Waals surface area contributed by atoms with Gasteiger partial charge in [-0.15, -0.1) is 10.2 Å². The quantitative estimate of drug-likeness (QED) is 0.768. The molecule has 4 nitrogen and oxygen atoms in total. The molecule has 16 heavy (non-hydrogen) atoms. The molecule has 4 heteroatoms. The Kier molecular flexibility index (Phi) is 3.64. The predicted octanol–water partition coefficient (Wildman–Crippen LogP) is 2.06. The van der Waals surface area contributed by atoms with E-state index < -0.39 is 0 Å². The van der Waals surface area contributed by atoms with E-state index in [9.17, 15) is 0 Å². The van der Waals surface area contributed by atoms with Crippen LogP contribution in [0.25, 0.3) is 0 Å². The molecule has 0 fully saturated rings. The summed E-state index contributed by atoms with van der Waals surface area (Å²) in [6, 6.07) is 10.2. The molecule has 0 bridgehead atoms. The van der Waals surface area contributed by atoms with E-state index in [1.807, 2.05) is 18.2 Å². The molecule has 1 aromatic carbocycles. The Bertz CT molecular complexity index is 422. The number of aromatic nitrogens is 4. The van der Waals surface area contributed by atoms with Gasteiger partial charge in [0, 0.05) is 6.42 Å². The van der Waals surface area contributed by atoms with Crippen LogP contribution in [0.3, 0.4) is 0 Å². The summed E-state index contributed by atoms with van der Waals surface area (Å²) in [5.74, 6) is 0.794. The van der Waals surface area contributed by atoms with Crippen LogP contribution in [0.15, 0.2) is 30.3 Å². The lowest BCUT2D eigenvalue weighted by Gasteiger charge is -1.95. The predicted molar refractivity (Wildman–Crippen MR) is 62.0 cm³/mol. The summed E-state index contributed by atoms with van der Waals surface area (Å²) in [6.07, 6.45) is 3.00. The molecule has 0 N–H and O–H groups in total. The molecular weight excluding hydrogens is 200 g/mol. The second-order valence-electron chi connectivity index (χ2n) is 3.82. The summed E-state index contributed by atoms with van der Waals surface area (Å²) in [5, 5.41) is 12.4. The first-order valence-corrected chi connectivity index (χ1v) is 5.69. The van der Waals surface area contributed by atoms with Crippen LogP contribution in [0.1, 0.15) is 31.2 Å². The van der Waals surface area contributed by atoms with Gasteiger partial charge in [-0.05, 0) is 17.2 Å². The molecule has 0 saturated carbocycles. The second-order valence-corrected chi connectivity index (χ2v) is 3.82. The number of benzene rings is 1. The molecule has 2 rings (SSSR count). The first-order valence-electron chi connectivity index (χ1n) is 5.69. The molecule has 2 aromatic rings. The van der Waals surface area contributed by atoms with Crippen molar-refractivity contribution in [3.8, 4) is 0 Å². The first-order chi connectivity index (χ1) is 7.88. The molecule has 0 amide bonds. The summed E-state index contributed by atoms with van der Waals surface area (Å²) in [7, 11) is 0. The summed E-state index contributed by atoms with van der Waals surface area (Å²) in [6.45, 7) is 3.01. The van der Waals surface area contributed by atoms with E-state index in [2.05, 4.69) is 34.5 Å². The number of unbranched alkanes of at least 4 members (excludes halogenated alkanes) is 1. The van der Waals surface area contributed by atoms with Gasteiger partial charge in [-0.25, -0.2) is 0 Å². The second kappa shape index (κ2) is 5.39. The third-order valence-corrected chi connectivity index (χ3v) is 2.41. The van der Waals surface area contributed by atoms with Crippen molar-refractivity contribution >= 4 is 0 Å². The first kappa shape index (κ1) is 10.8. The van der Waals surface area contributed by atoms with Gasteiger partial charge in [0.05, 0.1) is 6.54 Å². The molecule has 1 heterocycles. The summed E-state index contributed by atoms with van der Waals surface area (Å²) in [4.78, 5) is 1.68. The van der Waals surface area contributed by atoms with Crippen LogP contribution >= 0.6 is 0 Å². The molecule has 1 aromatic heterocycles. The zero-order chi connectivity index (χ0) is 11.2. The van der Waals surface area contributed by atoms with Crippen molar-refractivity contribution in [3.05, 3.63) is 41.7 Å². The highest BCUT2D eigenvalue weighted by Crippen LogP contribution is 2.03. The third kappa shape index (κ3) is 2.89. The van der Waals surface area contributed by atoms with Gasteiger partial charge in [-0.3, -0.25) is 0 Å². The molecule has 84 valence electrons. The summed E-state index contributed by atoms with van der Waals surface area (Å²) < 4.78 is 0. The minimum Gasteiger partial charge on any atom is -0.164 e. The van der Waals surface area contributed by atoms with Gasteiger partial charge >= 0.3 is 0 Å². The van der Waals surface area contributed by atoms with Gasteiger partial charge < -0.3 is 0 Å². The molecular formula is C12H16N4. The number of nitrogens with zero attached hydrogens (tertiary/aromatic N) is 4. The standard InChI is InChI=1S/C12H16N4/c1-2-3-9-16-14-12(13-15-16)10-11-7-5-4-6-8-11/h4-8H,2-3,9-10H2,1H3. The van der Waals surface area contributed by atoms with E-state index in [0.717, 1.165) is 31.6 Å². The maximum absolute atomic E-state index is 4.34. The molecule has 0 aliphatic carbocycles. The Balaban J connectivity index is 1.97. The average molecular weight is 216 g/mol. The number of aryl methyl sites for hydroxylation is 1. The van der Waals surface area contributed by atoms with Crippen molar-refractivity contribution in [1.82, 2.24) is 20.2 Å². The van der Waals surface area contributed by atoms with Crippen molar-refractivity contribution in [1.29, 1.82) is 0 Å². The highest BCUT2D eigenvalue weighted by Gasteiger charge is 2.03. The SMILES string of the molecule is CCCCn1nnc(Cc2ccccc2)n1. The molecule has 0 saturated heterocycles. The van der Waals surface area contributed by atoms with Crippen molar-refractivity contribution in [2.75, 3.05) is 0 Å². The number of hydrogen-bond donors (Lipinski definition) is 0.